The molecule has 0 aliphatic heterocycles. The summed E-state index contributed by atoms with van der Waals surface area (Å²) in [6, 6.07) is 9.12. The minimum Gasteiger partial charge on any atom is -0.343 e. The highest BCUT2D eigenvalue weighted by atomic mass is 15.0. The molecule has 0 radical (unpaired) electrons. The first-order chi connectivity index (χ1) is 8.22. The van der Waals surface area contributed by atoms with Gasteiger partial charge in [-0.25, -0.2) is 0 Å². The van der Waals surface area contributed by atoms with Crippen LogP contribution < -0.4 is 5.32 Å². The molecule has 2 heteroatoms. The Bertz CT molecular complexity index is 546. The number of nitrogens with zero attached hydrogens (tertiary/aromatic N) is 1. The van der Waals surface area contributed by atoms with Gasteiger partial charge < -0.3 is 9.88 Å². The third kappa shape index (κ3) is 2.51. The molecule has 2 rings (SSSR count). The fraction of sp³-hybridized carbons (Fsp3) is 0.333. The van der Waals surface area contributed by atoms with Crippen molar-refractivity contribution in [1.29, 1.82) is 0 Å². The summed E-state index contributed by atoms with van der Waals surface area (Å²) in [7, 11) is 0. The SMILES string of the molecule is C#CCNCC(C)n1ccc2cc(C)ccc21. The lowest BCUT2D eigenvalue weighted by atomic mass is 10.2. The van der Waals surface area contributed by atoms with E-state index in [1.165, 1.54) is 16.5 Å². The number of hydrogen-bond donors (Lipinski definition) is 1. The average Bonchev–Trinajstić information content (AvgIpc) is 2.72. The Balaban J connectivity index is 2.21. The maximum Gasteiger partial charge on any atom is 0.0574 e. The van der Waals surface area contributed by atoms with Crippen LogP contribution in [0.4, 0.5) is 0 Å². The van der Waals surface area contributed by atoms with E-state index in [0.29, 0.717) is 12.6 Å². The molecule has 2 aromatic rings. The normalized spacial score (nSPS) is 12.5. The third-order valence-electron chi connectivity index (χ3n) is 3.02. The van der Waals surface area contributed by atoms with Gasteiger partial charge in [-0.1, -0.05) is 17.6 Å². The van der Waals surface area contributed by atoms with Gasteiger partial charge in [-0.2, -0.15) is 0 Å². The van der Waals surface area contributed by atoms with Crippen molar-refractivity contribution in [3.8, 4) is 12.3 Å². The molecule has 1 heterocycles. The first kappa shape index (κ1) is 11.8. The topological polar surface area (TPSA) is 17.0 Å². The van der Waals surface area contributed by atoms with E-state index < -0.39 is 0 Å². The predicted octanol–water partition coefficient (Wildman–Crippen LogP) is 2.73. The van der Waals surface area contributed by atoms with Crippen molar-refractivity contribution in [2.75, 3.05) is 13.1 Å². The van der Waals surface area contributed by atoms with Crippen LogP contribution >= 0.6 is 0 Å². The Morgan fingerprint density at radius 2 is 2.24 bits per heavy atom. The number of aromatic nitrogens is 1. The molecule has 1 N–H and O–H groups in total. The van der Waals surface area contributed by atoms with Gasteiger partial charge in [0.1, 0.15) is 0 Å². The molecule has 0 saturated carbocycles. The quantitative estimate of drug-likeness (QED) is 0.626. The molecule has 1 unspecified atom stereocenters. The fourth-order valence-electron chi connectivity index (χ4n) is 2.12. The monoisotopic (exact) mass is 226 g/mol. The number of terminal acetylenes is 1. The standard InChI is InChI=1S/C15H18N2/c1-4-8-16-11-13(3)17-9-7-14-10-12(2)5-6-15(14)17/h1,5-7,9-10,13,16H,8,11H2,2-3H3. The number of hydrogen-bond acceptors (Lipinski definition) is 1. The van der Waals surface area contributed by atoms with Gasteiger partial charge in [-0.05, 0) is 37.4 Å². The van der Waals surface area contributed by atoms with E-state index >= 15 is 0 Å². The molecule has 1 aromatic carbocycles. The van der Waals surface area contributed by atoms with E-state index in [0.717, 1.165) is 6.54 Å². The largest absolute Gasteiger partial charge is 0.343 e. The van der Waals surface area contributed by atoms with Crippen molar-refractivity contribution in [2.45, 2.75) is 19.9 Å². The number of fused-ring (bicyclic) bond motifs is 1. The van der Waals surface area contributed by atoms with Gasteiger partial charge in [-0.15, -0.1) is 6.42 Å². The number of nitrogens with one attached hydrogen (secondary N) is 1. The molecule has 0 aliphatic rings. The summed E-state index contributed by atoms with van der Waals surface area (Å²) in [6.45, 7) is 5.84. The second-order valence-electron chi connectivity index (χ2n) is 4.47. The van der Waals surface area contributed by atoms with Gasteiger partial charge in [0.05, 0.1) is 6.54 Å². The molecule has 0 amide bonds. The van der Waals surface area contributed by atoms with Gasteiger partial charge in [0, 0.05) is 24.3 Å². The predicted molar refractivity (Wildman–Crippen MR) is 73.1 cm³/mol. The van der Waals surface area contributed by atoms with Crippen LogP contribution in [0.2, 0.25) is 0 Å². The second-order valence-corrected chi connectivity index (χ2v) is 4.47. The Hall–Kier alpha value is -1.72. The summed E-state index contributed by atoms with van der Waals surface area (Å²) in [4.78, 5) is 0. The van der Waals surface area contributed by atoms with E-state index in [9.17, 15) is 0 Å². The second kappa shape index (κ2) is 5.07. The van der Waals surface area contributed by atoms with Crippen LogP contribution in [0.1, 0.15) is 18.5 Å². The van der Waals surface area contributed by atoms with Crippen LogP contribution in [0.3, 0.4) is 0 Å². The van der Waals surface area contributed by atoms with Gasteiger partial charge in [0.25, 0.3) is 0 Å². The van der Waals surface area contributed by atoms with Crippen LogP contribution in [-0.4, -0.2) is 17.7 Å². The van der Waals surface area contributed by atoms with Crippen molar-refractivity contribution in [3.05, 3.63) is 36.0 Å². The van der Waals surface area contributed by atoms with Gasteiger partial charge in [0.15, 0.2) is 0 Å². The molecular formula is C15H18N2. The molecule has 0 spiro atoms. The van der Waals surface area contributed by atoms with Crippen molar-refractivity contribution in [2.24, 2.45) is 0 Å². The van der Waals surface area contributed by atoms with Crippen molar-refractivity contribution < 1.29 is 0 Å². The Kier molecular flexibility index (Phi) is 3.51. The summed E-state index contributed by atoms with van der Waals surface area (Å²) in [6.07, 6.45) is 7.37. The van der Waals surface area contributed by atoms with E-state index in [-0.39, 0.29) is 0 Å². The van der Waals surface area contributed by atoms with Crippen molar-refractivity contribution >= 4 is 10.9 Å². The van der Waals surface area contributed by atoms with Crippen LogP contribution in [0.15, 0.2) is 30.5 Å². The Labute approximate surface area is 103 Å². The summed E-state index contributed by atoms with van der Waals surface area (Å²) in [5.41, 5.74) is 2.58. The first-order valence-corrected chi connectivity index (χ1v) is 5.93. The first-order valence-electron chi connectivity index (χ1n) is 5.93. The minimum atomic E-state index is 0.406. The zero-order valence-corrected chi connectivity index (χ0v) is 10.4. The number of benzene rings is 1. The van der Waals surface area contributed by atoms with Crippen LogP contribution in [0, 0.1) is 19.3 Å². The highest BCUT2D eigenvalue weighted by Crippen LogP contribution is 2.20. The van der Waals surface area contributed by atoms with E-state index in [4.69, 9.17) is 6.42 Å². The summed E-state index contributed by atoms with van der Waals surface area (Å²) in [5, 5.41) is 4.54. The lowest BCUT2D eigenvalue weighted by molar-refractivity contribution is 0.523. The van der Waals surface area contributed by atoms with Crippen LogP contribution in [0.5, 0.6) is 0 Å². The summed E-state index contributed by atoms with van der Waals surface area (Å²) in [5.74, 6) is 2.59. The highest BCUT2D eigenvalue weighted by Gasteiger charge is 2.07. The summed E-state index contributed by atoms with van der Waals surface area (Å²) < 4.78 is 2.29. The molecule has 2 nitrogen and oxygen atoms in total. The third-order valence-corrected chi connectivity index (χ3v) is 3.02. The van der Waals surface area contributed by atoms with Crippen molar-refractivity contribution in [3.63, 3.8) is 0 Å². The molecule has 1 atom stereocenters. The average molecular weight is 226 g/mol. The molecule has 0 bridgehead atoms. The van der Waals surface area contributed by atoms with E-state index in [1.807, 2.05) is 0 Å². The maximum atomic E-state index is 5.22. The minimum absolute atomic E-state index is 0.406. The smallest absolute Gasteiger partial charge is 0.0574 e. The zero-order chi connectivity index (χ0) is 12.3. The molecule has 0 saturated heterocycles. The fourth-order valence-corrected chi connectivity index (χ4v) is 2.12. The molecule has 88 valence electrons. The highest BCUT2D eigenvalue weighted by molar-refractivity contribution is 5.80. The van der Waals surface area contributed by atoms with E-state index in [1.54, 1.807) is 0 Å². The van der Waals surface area contributed by atoms with Gasteiger partial charge in [0.2, 0.25) is 0 Å². The molecule has 0 aliphatic carbocycles. The zero-order valence-electron chi connectivity index (χ0n) is 10.4. The Morgan fingerprint density at radius 1 is 1.41 bits per heavy atom. The van der Waals surface area contributed by atoms with E-state index in [2.05, 4.69) is 60.1 Å². The van der Waals surface area contributed by atoms with Gasteiger partial charge >= 0.3 is 0 Å². The number of aryl methyl sites for hydroxylation is 1. The van der Waals surface area contributed by atoms with Crippen molar-refractivity contribution in [1.82, 2.24) is 9.88 Å². The van der Waals surface area contributed by atoms with Gasteiger partial charge in [-0.3, -0.25) is 0 Å². The summed E-state index contributed by atoms with van der Waals surface area (Å²) >= 11 is 0. The molecule has 1 aromatic heterocycles. The maximum absolute atomic E-state index is 5.22. The number of rotatable bonds is 4. The lowest BCUT2D eigenvalue weighted by Gasteiger charge is -2.15. The molecule has 17 heavy (non-hydrogen) atoms. The lowest BCUT2D eigenvalue weighted by Crippen LogP contribution is -2.23. The van der Waals surface area contributed by atoms with Crippen LogP contribution in [-0.2, 0) is 0 Å². The Morgan fingerprint density at radius 3 is 3.00 bits per heavy atom. The van der Waals surface area contributed by atoms with Crippen LogP contribution in [0.25, 0.3) is 10.9 Å². The molecule has 0 fully saturated rings. The molecular weight excluding hydrogens is 208 g/mol.